The number of rotatable bonds is 9. The third-order valence-corrected chi connectivity index (χ3v) is 5.60. The lowest BCUT2D eigenvalue weighted by Crippen LogP contribution is -1.94. The molecular weight excluding hydrogens is 441 g/mol. The fourth-order valence-corrected chi connectivity index (χ4v) is 3.88. The molecule has 0 heterocycles. The highest BCUT2D eigenvalue weighted by Crippen LogP contribution is 2.30. The van der Waals surface area contributed by atoms with Gasteiger partial charge in [0, 0.05) is 16.9 Å². The van der Waals surface area contributed by atoms with Crippen LogP contribution in [0.3, 0.4) is 0 Å². The molecule has 27 heavy (non-hydrogen) atoms. The number of nitrogens with one attached hydrogen (secondary N) is 1. The molecule has 0 unspecified atom stereocenters. The van der Waals surface area contributed by atoms with Crippen LogP contribution in [-0.2, 0) is 6.42 Å². The predicted octanol–water partition coefficient (Wildman–Crippen LogP) is 7.94. The second kappa shape index (κ2) is 10.5. The largest absolute Gasteiger partial charge is 0.355 e. The summed E-state index contributed by atoms with van der Waals surface area (Å²) in [5, 5.41) is 3.60. The molecule has 1 nitrogen and oxygen atoms in total. The Hall–Kier alpha value is -1.81. The second-order valence-corrected chi connectivity index (χ2v) is 8.17. The number of anilines is 2. The molecule has 0 bridgehead atoms. The molecule has 3 aromatic carbocycles. The maximum atomic E-state index is 3.60. The third kappa shape index (κ3) is 6.10. The van der Waals surface area contributed by atoms with Gasteiger partial charge in [-0.2, -0.15) is 0 Å². The van der Waals surface area contributed by atoms with Crippen LogP contribution in [0.15, 0.2) is 72.8 Å². The molecule has 0 spiro atoms. The van der Waals surface area contributed by atoms with Crippen LogP contribution in [-0.4, -0.2) is 4.43 Å². The molecule has 3 aromatic rings. The van der Waals surface area contributed by atoms with Crippen LogP contribution in [0, 0.1) is 6.92 Å². The van der Waals surface area contributed by atoms with Crippen molar-refractivity contribution in [2.75, 3.05) is 9.74 Å². The van der Waals surface area contributed by atoms with Gasteiger partial charge in [0.05, 0.1) is 0 Å². The summed E-state index contributed by atoms with van der Waals surface area (Å²) in [7, 11) is 0. The molecule has 2 heteroatoms. The quantitative estimate of drug-likeness (QED) is 0.191. The van der Waals surface area contributed by atoms with Gasteiger partial charge < -0.3 is 5.32 Å². The van der Waals surface area contributed by atoms with E-state index in [1.54, 1.807) is 0 Å². The number of benzene rings is 3. The van der Waals surface area contributed by atoms with E-state index in [2.05, 4.69) is 108 Å². The van der Waals surface area contributed by atoms with E-state index in [9.17, 15) is 0 Å². The smallest absolute Gasteiger partial charge is 0.0463 e. The number of unbranched alkanes of at least 4 members (excludes halogenated alkanes) is 3. The van der Waals surface area contributed by atoms with Gasteiger partial charge in [-0.1, -0.05) is 95.6 Å². The molecule has 0 fully saturated rings. The number of hydrogen-bond acceptors (Lipinski definition) is 1. The Bertz CT molecular complexity index is 839. The molecule has 0 saturated heterocycles. The Morgan fingerprint density at radius 3 is 2.33 bits per heavy atom. The van der Waals surface area contributed by atoms with E-state index in [1.807, 2.05) is 0 Å². The van der Waals surface area contributed by atoms with Gasteiger partial charge >= 0.3 is 0 Å². The lowest BCUT2D eigenvalue weighted by atomic mass is 10.0. The molecule has 0 amide bonds. The minimum absolute atomic E-state index is 1.14. The molecule has 0 aromatic heterocycles. The number of aryl methyl sites for hydroxylation is 2. The van der Waals surface area contributed by atoms with Crippen LogP contribution in [0.25, 0.3) is 11.1 Å². The van der Waals surface area contributed by atoms with E-state index < -0.39 is 0 Å². The Labute approximate surface area is 177 Å². The average Bonchev–Trinajstić information content (AvgIpc) is 2.69. The first-order valence-corrected chi connectivity index (χ1v) is 11.4. The van der Waals surface area contributed by atoms with Gasteiger partial charge in [0.15, 0.2) is 0 Å². The van der Waals surface area contributed by atoms with Crippen molar-refractivity contribution in [2.24, 2.45) is 0 Å². The Kier molecular flexibility index (Phi) is 7.76. The van der Waals surface area contributed by atoms with Crippen molar-refractivity contribution < 1.29 is 0 Å². The van der Waals surface area contributed by atoms with Crippen molar-refractivity contribution in [2.45, 2.75) is 39.0 Å². The van der Waals surface area contributed by atoms with Gasteiger partial charge in [-0.3, -0.25) is 0 Å². The fraction of sp³-hybridized carbons (Fsp3) is 0.280. The van der Waals surface area contributed by atoms with Crippen LogP contribution in [0.2, 0.25) is 0 Å². The van der Waals surface area contributed by atoms with Crippen molar-refractivity contribution in [3.8, 4) is 11.1 Å². The molecule has 3 rings (SSSR count). The zero-order chi connectivity index (χ0) is 18.9. The van der Waals surface area contributed by atoms with Crippen LogP contribution in [0.4, 0.5) is 11.4 Å². The first-order valence-electron chi connectivity index (χ1n) is 9.84. The van der Waals surface area contributed by atoms with Crippen LogP contribution in [0.5, 0.6) is 0 Å². The third-order valence-electron chi connectivity index (χ3n) is 4.84. The fourth-order valence-electron chi connectivity index (χ4n) is 3.34. The summed E-state index contributed by atoms with van der Waals surface area (Å²) in [6, 6.07) is 26.1. The zero-order valence-corrected chi connectivity index (χ0v) is 18.2. The number of hydrogen-bond donors (Lipinski definition) is 1. The topological polar surface area (TPSA) is 12.0 Å². The summed E-state index contributed by atoms with van der Waals surface area (Å²) in [4.78, 5) is 0. The average molecular weight is 469 g/mol. The van der Waals surface area contributed by atoms with E-state index >= 15 is 0 Å². The minimum Gasteiger partial charge on any atom is -0.355 e. The van der Waals surface area contributed by atoms with E-state index in [4.69, 9.17) is 0 Å². The van der Waals surface area contributed by atoms with Crippen LogP contribution in [0.1, 0.15) is 36.8 Å². The molecule has 1 N–H and O–H groups in total. The van der Waals surface area contributed by atoms with Crippen LogP contribution >= 0.6 is 22.6 Å². The minimum atomic E-state index is 1.14. The van der Waals surface area contributed by atoms with Gasteiger partial charge in [-0.25, -0.2) is 0 Å². The standard InChI is InChI=1S/C25H28IN/c1-20-9-8-11-22(19-20)24-12-5-6-13-25(24)27-23-16-14-21(15-17-23)10-4-2-3-7-18-26/h5-6,8-9,11-17,19,27H,2-4,7,10,18H2,1H3. The van der Waals surface area contributed by atoms with Crippen molar-refractivity contribution in [1.82, 2.24) is 0 Å². The molecule has 0 saturated carbocycles. The number of para-hydroxylation sites is 1. The SMILES string of the molecule is Cc1cccc(-c2ccccc2Nc2ccc(CCCCCCI)cc2)c1. The van der Waals surface area contributed by atoms with Gasteiger partial charge in [0.1, 0.15) is 0 Å². The summed E-state index contributed by atoms with van der Waals surface area (Å²) in [5.41, 5.74) is 7.49. The van der Waals surface area contributed by atoms with Crippen LogP contribution < -0.4 is 5.32 Å². The summed E-state index contributed by atoms with van der Waals surface area (Å²) in [6.45, 7) is 2.14. The van der Waals surface area contributed by atoms with Crippen molar-refractivity contribution in [3.05, 3.63) is 83.9 Å². The van der Waals surface area contributed by atoms with E-state index in [0.717, 1.165) is 11.4 Å². The highest BCUT2D eigenvalue weighted by molar-refractivity contribution is 14.1. The maximum Gasteiger partial charge on any atom is 0.0463 e. The second-order valence-electron chi connectivity index (χ2n) is 7.09. The molecule has 0 aliphatic rings. The summed E-state index contributed by atoms with van der Waals surface area (Å²) in [6.07, 6.45) is 6.52. The van der Waals surface area contributed by atoms with Crippen molar-refractivity contribution in [1.29, 1.82) is 0 Å². The lowest BCUT2D eigenvalue weighted by Gasteiger charge is -2.13. The molecule has 140 valence electrons. The molecule has 0 aliphatic carbocycles. The predicted molar refractivity (Wildman–Crippen MR) is 127 cm³/mol. The molecule has 0 radical (unpaired) electrons. The molecular formula is C25H28IN. The molecule has 0 aliphatic heterocycles. The number of alkyl halides is 1. The zero-order valence-electron chi connectivity index (χ0n) is 16.0. The lowest BCUT2D eigenvalue weighted by molar-refractivity contribution is 0.673. The van der Waals surface area contributed by atoms with Crippen molar-refractivity contribution >= 4 is 34.0 Å². The monoisotopic (exact) mass is 469 g/mol. The first kappa shape index (κ1) is 19.9. The van der Waals surface area contributed by atoms with Gasteiger partial charge in [0.2, 0.25) is 0 Å². The van der Waals surface area contributed by atoms with E-state index in [1.165, 1.54) is 58.8 Å². The summed E-state index contributed by atoms with van der Waals surface area (Å²) < 4.78 is 1.28. The maximum absolute atomic E-state index is 3.60. The van der Waals surface area contributed by atoms with E-state index in [-0.39, 0.29) is 0 Å². The summed E-state index contributed by atoms with van der Waals surface area (Å²) in [5.74, 6) is 0. The normalized spacial score (nSPS) is 10.7. The highest BCUT2D eigenvalue weighted by atomic mass is 127. The van der Waals surface area contributed by atoms with E-state index in [0.29, 0.717) is 0 Å². The van der Waals surface area contributed by atoms with Gasteiger partial charge in [0.25, 0.3) is 0 Å². The summed E-state index contributed by atoms with van der Waals surface area (Å²) >= 11 is 2.46. The van der Waals surface area contributed by atoms with Gasteiger partial charge in [-0.05, 0) is 59.9 Å². The molecule has 0 atom stereocenters. The number of halogens is 1. The Morgan fingerprint density at radius 1 is 0.778 bits per heavy atom. The van der Waals surface area contributed by atoms with Gasteiger partial charge in [-0.15, -0.1) is 0 Å². The first-order chi connectivity index (χ1) is 13.3. The highest BCUT2D eigenvalue weighted by Gasteiger charge is 2.05. The Morgan fingerprint density at radius 2 is 1.56 bits per heavy atom. The Balaban J connectivity index is 1.66. The van der Waals surface area contributed by atoms with Crippen molar-refractivity contribution in [3.63, 3.8) is 0 Å².